The second-order valence-electron chi connectivity index (χ2n) is 6.56. The fourth-order valence-electron chi connectivity index (χ4n) is 3.32. The van der Waals surface area contributed by atoms with Gasteiger partial charge in [-0.25, -0.2) is 0 Å². The summed E-state index contributed by atoms with van der Waals surface area (Å²) in [7, 11) is 0. The molecular weight excluding hydrogens is 236 g/mol. The number of amidine groups is 1. The predicted molar refractivity (Wildman–Crippen MR) is 78.7 cm³/mol. The minimum Gasteiger partial charge on any atom is -0.490 e. The minimum atomic E-state index is 0.0683. The van der Waals surface area contributed by atoms with Crippen LogP contribution in [0.2, 0.25) is 0 Å². The maximum Gasteiger partial charge on any atom is 0.130 e. The molecule has 3 N–H and O–H groups in total. The van der Waals surface area contributed by atoms with Crippen LogP contribution in [0.4, 0.5) is 0 Å². The molecule has 0 spiro atoms. The Labute approximate surface area is 115 Å². The molecule has 0 aromatic heterocycles. The van der Waals surface area contributed by atoms with E-state index in [-0.39, 0.29) is 11.9 Å². The fraction of sp³-hybridized carbons (Fsp3) is 0.562. The highest BCUT2D eigenvalue weighted by Gasteiger charge is 2.33. The van der Waals surface area contributed by atoms with E-state index in [9.17, 15) is 0 Å². The van der Waals surface area contributed by atoms with Gasteiger partial charge in [-0.05, 0) is 42.7 Å². The normalized spacial score (nSPS) is 25.8. The van der Waals surface area contributed by atoms with Crippen molar-refractivity contribution in [1.29, 1.82) is 5.41 Å². The van der Waals surface area contributed by atoms with Gasteiger partial charge in [-0.1, -0.05) is 32.9 Å². The number of nitrogens with one attached hydrogen (secondary N) is 1. The molecule has 1 saturated carbocycles. The average molecular weight is 260 g/mol. The van der Waals surface area contributed by atoms with E-state index in [4.69, 9.17) is 15.9 Å². The van der Waals surface area contributed by atoms with Crippen LogP contribution in [-0.2, 0) is 0 Å². The van der Waals surface area contributed by atoms with Crippen molar-refractivity contribution in [3.05, 3.63) is 29.8 Å². The van der Waals surface area contributed by atoms with Crippen molar-refractivity contribution >= 4 is 5.84 Å². The first-order valence-electron chi connectivity index (χ1n) is 6.97. The Kier molecular flexibility index (Phi) is 3.83. The molecule has 1 aromatic rings. The molecule has 1 aliphatic carbocycles. The molecule has 1 aromatic carbocycles. The third kappa shape index (κ3) is 3.49. The second kappa shape index (κ2) is 5.24. The van der Waals surface area contributed by atoms with Crippen molar-refractivity contribution in [2.45, 2.75) is 46.1 Å². The zero-order valence-electron chi connectivity index (χ0n) is 12.1. The Bertz CT molecular complexity index is 468. The molecule has 0 heterocycles. The number of rotatable bonds is 3. The van der Waals surface area contributed by atoms with Crippen LogP contribution >= 0.6 is 0 Å². The summed E-state index contributed by atoms with van der Waals surface area (Å²) in [5, 5.41) is 7.61. The Hall–Kier alpha value is -1.51. The number of nitrogen functional groups attached to an aromatic ring is 1. The van der Waals surface area contributed by atoms with Gasteiger partial charge < -0.3 is 10.5 Å². The summed E-state index contributed by atoms with van der Waals surface area (Å²) >= 11 is 0. The third-order valence-electron chi connectivity index (χ3n) is 3.82. The average Bonchev–Trinajstić information content (AvgIpc) is 2.26. The lowest BCUT2D eigenvalue weighted by atomic mass is 9.71. The third-order valence-corrected chi connectivity index (χ3v) is 3.82. The van der Waals surface area contributed by atoms with E-state index in [1.807, 2.05) is 24.3 Å². The van der Waals surface area contributed by atoms with E-state index in [2.05, 4.69) is 20.8 Å². The highest BCUT2D eigenvalue weighted by atomic mass is 16.5. The van der Waals surface area contributed by atoms with Crippen LogP contribution in [0.1, 0.15) is 45.6 Å². The maximum absolute atomic E-state index is 7.61. The summed E-state index contributed by atoms with van der Waals surface area (Å²) in [5.74, 6) is 1.49. The lowest BCUT2D eigenvalue weighted by Gasteiger charge is -2.39. The Morgan fingerprint density at radius 2 is 2.00 bits per heavy atom. The summed E-state index contributed by atoms with van der Waals surface area (Å²) < 4.78 is 6.13. The van der Waals surface area contributed by atoms with E-state index < -0.39 is 0 Å². The van der Waals surface area contributed by atoms with E-state index >= 15 is 0 Å². The van der Waals surface area contributed by atoms with E-state index in [0.717, 1.165) is 18.6 Å². The van der Waals surface area contributed by atoms with Crippen LogP contribution in [0.5, 0.6) is 5.75 Å². The number of para-hydroxylation sites is 1. The Morgan fingerprint density at radius 1 is 1.32 bits per heavy atom. The van der Waals surface area contributed by atoms with Crippen LogP contribution < -0.4 is 10.5 Å². The molecule has 0 amide bonds. The molecule has 1 fully saturated rings. The van der Waals surface area contributed by atoms with Crippen LogP contribution in [-0.4, -0.2) is 11.9 Å². The van der Waals surface area contributed by atoms with Gasteiger partial charge in [0.25, 0.3) is 0 Å². The minimum absolute atomic E-state index is 0.0683. The van der Waals surface area contributed by atoms with Gasteiger partial charge in [0.1, 0.15) is 11.6 Å². The largest absolute Gasteiger partial charge is 0.490 e. The van der Waals surface area contributed by atoms with E-state index in [1.54, 1.807) is 0 Å². The SMILES string of the molecule is CC1CC(Oc2ccccc2C(=N)N)CC(C)(C)C1. The molecule has 0 bridgehead atoms. The first-order valence-corrected chi connectivity index (χ1v) is 6.97. The van der Waals surface area contributed by atoms with Crippen LogP contribution in [0, 0.1) is 16.7 Å². The highest BCUT2D eigenvalue weighted by molar-refractivity contribution is 5.97. The molecule has 104 valence electrons. The molecule has 1 aliphatic rings. The predicted octanol–water partition coefficient (Wildman–Crippen LogP) is 3.56. The lowest BCUT2D eigenvalue weighted by Crippen LogP contribution is -2.34. The van der Waals surface area contributed by atoms with Crippen LogP contribution in [0.25, 0.3) is 0 Å². The van der Waals surface area contributed by atoms with Gasteiger partial charge in [0.05, 0.1) is 11.7 Å². The van der Waals surface area contributed by atoms with Crippen molar-refractivity contribution in [3.8, 4) is 5.75 Å². The van der Waals surface area contributed by atoms with Crippen LogP contribution in [0.3, 0.4) is 0 Å². The van der Waals surface area contributed by atoms with Gasteiger partial charge in [-0.3, -0.25) is 5.41 Å². The van der Waals surface area contributed by atoms with Gasteiger partial charge in [-0.15, -0.1) is 0 Å². The number of ether oxygens (including phenoxy) is 1. The summed E-state index contributed by atoms with van der Waals surface area (Å²) in [6.07, 6.45) is 3.61. The second-order valence-corrected chi connectivity index (χ2v) is 6.56. The lowest BCUT2D eigenvalue weighted by molar-refractivity contribution is 0.0561. The molecular formula is C16H24N2O. The summed E-state index contributed by atoms with van der Waals surface area (Å²) in [6, 6.07) is 7.56. The molecule has 2 atom stereocenters. The summed E-state index contributed by atoms with van der Waals surface area (Å²) in [6.45, 7) is 6.89. The topological polar surface area (TPSA) is 59.1 Å². The molecule has 0 aliphatic heterocycles. The van der Waals surface area contributed by atoms with Gasteiger partial charge in [-0.2, -0.15) is 0 Å². The van der Waals surface area contributed by atoms with Crippen molar-refractivity contribution < 1.29 is 4.74 Å². The van der Waals surface area contributed by atoms with Crippen LogP contribution in [0.15, 0.2) is 24.3 Å². The summed E-state index contributed by atoms with van der Waals surface area (Å²) in [5.41, 5.74) is 6.62. The van der Waals surface area contributed by atoms with Gasteiger partial charge >= 0.3 is 0 Å². The van der Waals surface area contributed by atoms with Gasteiger partial charge in [0.15, 0.2) is 0 Å². The number of benzene rings is 1. The van der Waals surface area contributed by atoms with Gasteiger partial charge in [0, 0.05) is 0 Å². The highest BCUT2D eigenvalue weighted by Crippen LogP contribution is 2.40. The van der Waals surface area contributed by atoms with Crippen molar-refractivity contribution in [3.63, 3.8) is 0 Å². The zero-order chi connectivity index (χ0) is 14.0. The van der Waals surface area contributed by atoms with E-state index in [1.165, 1.54) is 6.42 Å². The molecule has 2 unspecified atom stereocenters. The molecule has 3 heteroatoms. The number of hydrogen-bond donors (Lipinski definition) is 2. The first-order chi connectivity index (χ1) is 8.87. The van der Waals surface area contributed by atoms with Gasteiger partial charge in [0.2, 0.25) is 0 Å². The first kappa shape index (κ1) is 13.9. The maximum atomic E-state index is 7.61. The van der Waals surface area contributed by atoms with Crippen molar-refractivity contribution in [2.75, 3.05) is 0 Å². The molecule has 2 rings (SSSR count). The quantitative estimate of drug-likeness (QED) is 0.645. The summed E-state index contributed by atoms with van der Waals surface area (Å²) in [4.78, 5) is 0. The van der Waals surface area contributed by atoms with E-state index in [0.29, 0.717) is 16.9 Å². The fourth-order valence-corrected chi connectivity index (χ4v) is 3.32. The molecule has 0 radical (unpaired) electrons. The number of hydrogen-bond acceptors (Lipinski definition) is 2. The molecule has 0 saturated heterocycles. The smallest absolute Gasteiger partial charge is 0.130 e. The monoisotopic (exact) mass is 260 g/mol. The molecule has 19 heavy (non-hydrogen) atoms. The Morgan fingerprint density at radius 3 is 2.63 bits per heavy atom. The Balaban J connectivity index is 2.15. The molecule has 3 nitrogen and oxygen atoms in total. The van der Waals surface area contributed by atoms with Crippen molar-refractivity contribution in [2.24, 2.45) is 17.1 Å². The number of nitrogens with two attached hydrogens (primary N) is 1. The van der Waals surface area contributed by atoms with Crippen molar-refractivity contribution in [1.82, 2.24) is 0 Å². The standard InChI is InChI=1S/C16H24N2O/c1-11-8-12(10-16(2,3)9-11)19-14-7-5-4-6-13(14)15(17)18/h4-7,11-12H,8-10H2,1-3H3,(H3,17,18). The zero-order valence-corrected chi connectivity index (χ0v) is 12.1.